The lowest BCUT2D eigenvalue weighted by molar-refractivity contribution is -0.139. The summed E-state index contributed by atoms with van der Waals surface area (Å²) in [7, 11) is 1.59. The van der Waals surface area contributed by atoms with Crippen molar-refractivity contribution in [2.75, 3.05) is 39.8 Å². The molecule has 1 fully saturated rings. The molecule has 1 saturated heterocycles. The van der Waals surface area contributed by atoms with Crippen molar-refractivity contribution >= 4 is 17.9 Å². The van der Waals surface area contributed by atoms with Crippen LogP contribution in [-0.4, -0.2) is 73.1 Å². The fraction of sp³-hybridized carbons (Fsp3) is 0.571. The summed E-state index contributed by atoms with van der Waals surface area (Å²) in [6.45, 7) is 7.55. The third kappa shape index (κ3) is 7.29. The molecule has 0 unspecified atom stereocenters. The van der Waals surface area contributed by atoms with Gasteiger partial charge in [-0.05, 0) is 26.8 Å². The van der Waals surface area contributed by atoms with Crippen LogP contribution < -0.4 is 10.1 Å². The quantitative estimate of drug-likeness (QED) is 0.780. The molecule has 1 aromatic rings. The van der Waals surface area contributed by atoms with E-state index in [2.05, 4.69) is 5.32 Å². The first-order valence-corrected chi connectivity index (χ1v) is 9.84. The summed E-state index contributed by atoms with van der Waals surface area (Å²) in [6, 6.07) is 7.47. The van der Waals surface area contributed by atoms with E-state index in [1.54, 1.807) is 37.7 Å². The van der Waals surface area contributed by atoms with E-state index in [1.807, 2.05) is 24.3 Å². The second kappa shape index (κ2) is 10.1. The molecule has 0 bridgehead atoms. The van der Waals surface area contributed by atoms with E-state index in [4.69, 9.17) is 9.47 Å². The minimum absolute atomic E-state index is 0.0215. The van der Waals surface area contributed by atoms with Gasteiger partial charge in [-0.3, -0.25) is 9.59 Å². The van der Waals surface area contributed by atoms with Crippen molar-refractivity contribution in [3.05, 3.63) is 29.8 Å². The van der Waals surface area contributed by atoms with Crippen LogP contribution in [0.3, 0.4) is 0 Å². The standard InChI is InChI=1S/C21H31N3O5/c1-21(2,3)29-20(27)22-10-9-18(25)23-11-13-24(14-12-23)19(26)15-16-7-5-6-8-17(16)28-4/h5-8H,9-15H2,1-4H3,(H,22,27). The molecule has 1 aliphatic heterocycles. The summed E-state index contributed by atoms with van der Waals surface area (Å²) >= 11 is 0. The molecular weight excluding hydrogens is 374 g/mol. The average molecular weight is 405 g/mol. The number of nitrogens with one attached hydrogen (secondary N) is 1. The van der Waals surface area contributed by atoms with Gasteiger partial charge in [-0.1, -0.05) is 18.2 Å². The molecule has 8 heteroatoms. The van der Waals surface area contributed by atoms with Gasteiger partial charge >= 0.3 is 6.09 Å². The number of hydrogen-bond acceptors (Lipinski definition) is 5. The maximum atomic E-state index is 12.6. The second-order valence-corrected chi connectivity index (χ2v) is 7.93. The van der Waals surface area contributed by atoms with Gasteiger partial charge in [-0.25, -0.2) is 4.79 Å². The van der Waals surface area contributed by atoms with Gasteiger partial charge in [0.2, 0.25) is 11.8 Å². The van der Waals surface area contributed by atoms with E-state index in [1.165, 1.54) is 0 Å². The minimum atomic E-state index is -0.569. The number of piperazine rings is 1. The zero-order chi connectivity index (χ0) is 21.4. The Morgan fingerprint density at radius 2 is 1.59 bits per heavy atom. The largest absolute Gasteiger partial charge is 0.496 e. The lowest BCUT2D eigenvalue weighted by Crippen LogP contribution is -2.51. The molecule has 29 heavy (non-hydrogen) atoms. The van der Waals surface area contributed by atoms with Gasteiger partial charge in [0, 0.05) is 44.7 Å². The normalized spacial score (nSPS) is 14.3. The summed E-state index contributed by atoms with van der Waals surface area (Å²) in [4.78, 5) is 40.0. The summed E-state index contributed by atoms with van der Waals surface area (Å²) in [5.74, 6) is 0.679. The molecular formula is C21H31N3O5. The van der Waals surface area contributed by atoms with E-state index >= 15 is 0 Å². The zero-order valence-electron chi connectivity index (χ0n) is 17.7. The molecule has 0 atom stereocenters. The molecule has 0 radical (unpaired) electrons. The van der Waals surface area contributed by atoms with Gasteiger partial charge < -0.3 is 24.6 Å². The molecule has 160 valence electrons. The molecule has 1 aliphatic rings. The molecule has 3 amide bonds. The van der Waals surface area contributed by atoms with E-state index in [0.29, 0.717) is 31.9 Å². The first-order chi connectivity index (χ1) is 13.7. The number of alkyl carbamates (subject to hydrolysis) is 1. The van der Waals surface area contributed by atoms with Crippen molar-refractivity contribution < 1.29 is 23.9 Å². The van der Waals surface area contributed by atoms with E-state index in [9.17, 15) is 14.4 Å². The summed E-state index contributed by atoms with van der Waals surface area (Å²) < 4.78 is 10.4. The lowest BCUT2D eigenvalue weighted by Gasteiger charge is -2.35. The highest BCUT2D eigenvalue weighted by Crippen LogP contribution is 2.19. The summed E-state index contributed by atoms with van der Waals surface area (Å²) in [6.07, 6.45) is -0.0522. The monoisotopic (exact) mass is 405 g/mol. The molecule has 8 nitrogen and oxygen atoms in total. The smallest absolute Gasteiger partial charge is 0.407 e. The second-order valence-electron chi connectivity index (χ2n) is 7.93. The maximum absolute atomic E-state index is 12.6. The third-order valence-corrected chi connectivity index (χ3v) is 4.53. The first-order valence-electron chi connectivity index (χ1n) is 9.84. The Bertz CT molecular complexity index is 721. The van der Waals surface area contributed by atoms with Gasteiger partial charge in [-0.2, -0.15) is 0 Å². The Morgan fingerprint density at radius 3 is 2.17 bits per heavy atom. The zero-order valence-corrected chi connectivity index (χ0v) is 17.7. The van der Waals surface area contributed by atoms with Crippen LogP contribution in [0.1, 0.15) is 32.8 Å². The predicted octanol–water partition coefficient (Wildman–Crippen LogP) is 1.82. The van der Waals surface area contributed by atoms with Crippen molar-refractivity contribution in [2.45, 2.75) is 39.2 Å². The maximum Gasteiger partial charge on any atom is 0.407 e. The van der Waals surface area contributed by atoms with Gasteiger partial charge in [-0.15, -0.1) is 0 Å². The van der Waals surface area contributed by atoms with Crippen molar-refractivity contribution in [1.29, 1.82) is 0 Å². The lowest BCUT2D eigenvalue weighted by atomic mass is 10.1. The van der Waals surface area contributed by atoms with Gasteiger partial charge in [0.25, 0.3) is 0 Å². The average Bonchev–Trinajstić information content (AvgIpc) is 2.67. The van der Waals surface area contributed by atoms with Crippen LogP contribution in [0.2, 0.25) is 0 Å². The predicted molar refractivity (Wildman–Crippen MR) is 109 cm³/mol. The molecule has 0 saturated carbocycles. The third-order valence-electron chi connectivity index (χ3n) is 4.53. The van der Waals surface area contributed by atoms with E-state index < -0.39 is 11.7 Å². The minimum Gasteiger partial charge on any atom is -0.496 e. The van der Waals surface area contributed by atoms with Crippen LogP contribution in [0.4, 0.5) is 4.79 Å². The number of benzene rings is 1. The van der Waals surface area contributed by atoms with Crippen LogP contribution in [-0.2, 0) is 20.7 Å². The highest BCUT2D eigenvalue weighted by molar-refractivity contribution is 5.81. The molecule has 2 rings (SSSR count). The van der Waals surface area contributed by atoms with Crippen LogP contribution in [0, 0.1) is 0 Å². The van der Waals surface area contributed by atoms with Crippen molar-refractivity contribution in [3.8, 4) is 5.75 Å². The molecule has 0 spiro atoms. The summed E-state index contributed by atoms with van der Waals surface area (Å²) in [5, 5.41) is 2.59. The Morgan fingerprint density at radius 1 is 1.00 bits per heavy atom. The number of carbonyl (C=O) groups excluding carboxylic acids is 3. The van der Waals surface area contributed by atoms with Crippen LogP contribution in [0.15, 0.2) is 24.3 Å². The Hall–Kier alpha value is -2.77. The SMILES string of the molecule is COc1ccccc1CC(=O)N1CCN(C(=O)CCNC(=O)OC(C)(C)C)CC1. The van der Waals surface area contributed by atoms with Crippen molar-refractivity contribution in [1.82, 2.24) is 15.1 Å². The number of carbonyl (C=O) groups is 3. The molecule has 1 heterocycles. The van der Waals surface area contributed by atoms with Crippen LogP contribution in [0.25, 0.3) is 0 Å². The van der Waals surface area contributed by atoms with Gasteiger partial charge in [0.1, 0.15) is 11.4 Å². The number of nitrogens with zero attached hydrogens (tertiary/aromatic N) is 2. The fourth-order valence-corrected chi connectivity index (χ4v) is 3.07. The topological polar surface area (TPSA) is 88.2 Å². The number of hydrogen-bond donors (Lipinski definition) is 1. The Labute approximate surface area is 172 Å². The molecule has 1 N–H and O–H groups in total. The number of rotatable bonds is 6. The number of amides is 3. The molecule has 0 aliphatic carbocycles. The van der Waals surface area contributed by atoms with Gasteiger partial charge in [0.05, 0.1) is 13.5 Å². The first kappa shape index (κ1) is 22.5. The van der Waals surface area contributed by atoms with Gasteiger partial charge in [0.15, 0.2) is 0 Å². The van der Waals surface area contributed by atoms with Crippen LogP contribution in [0.5, 0.6) is 5.75 Å². The number of para-hydroxylation sites is 1. The van der Waals surface area contributed by atoms with E-state index in [0.717, 1.165) is 5.56 Å². The number of methoxy groups -OCH3 is 1. The summed E-state index contributed by atoms with van der Waals surface area (Å²) in [5.41, 5.74) is 0.285. The molecule has 0 aromatic heterocycles. The highest BCUT2D eigenvalue weighted by atomic mass is 16.6. The highest BCUT2D eigenvalue weighted by Gasteiger charge is 2.24. The van der Waals surface area contributed by atoms with Crippen LogP contribution >= 0.6 is 0 Å². The fourth-order valence-electron chi connectivity index (χ4n) is 3.07. The number of ether oxygens (including phenoxy) is 2. The Kier molecular flexibility index (Phi) is 7.87. The molecule has 1 aromatic carbocycles. The van der Waals surface area contributed by atoms with E-state index in [-0.39, 0.29) is 31.2 Å². The Balaban J connectivity index is 1.73. The van der Waals surface area contributed by atoms with Crippen molar-refractivity contribution in [2.24, 2.45) is 0 Å². The van der Waals surface area contributed by atoms with Crippen molar-refractivity contribution in [3.63, 3.8) is 0 Å².